The molecular weight excluding hydrogens is 695 g/mol. The molecule has 8 aromatic carbocycles. The van der Waals surface area contributed by atoms with E-state index in [2.05, 4.69) is 176 Å². The van der Waals surface area contributed by atoms with Gasteiger partial charge < -0.3 is 0 Å². The summed E-state index contributed by atoms with van der Waals surface area (Å²) in [6, 6.07) is 62.8. The predicted octanol–water partition coefficient (Wildman–Crippen LogP) is 14.1. The highest BCUT2D eigenvalue weighted by Gasteiger charge is 2.19. The van der Waals surface area contributed by atoms with E-state index in [1.165, 1.54) is 68.5 Å². The summed E-state index contributed by atoms with van der Waals surface area (Å²) < 4.78 is 3.65. The van der Waals surface area contributed by atoms with Crippen LogP contribution in [0.25, 0.3) is 108 Å². The Labute approximate surface area is 319 Å². The van der Waals surface area contributed by atoms with Gasteiger partial charge in [0.05, 0.1) is 4.88 Å². The molecule has 0 saturated carbocycles. The van der Waals surface area contributed by atoms with E-state index in [0.717, 1.165) is 21.6 Å². The van der Waals surface area contributed by atoms with E-state index in [1.807, 2.05) is 0 Å². The highest BCUT2D eigenvalue weighted by molar-refractivity contribution is 7.26. The van der Waals surface area contributed by atoms with Crippen molar-refractivity contribution in [2.75, 3.05) is 0 Å². The molecule has 0 aliphatic heterocycles. The van der Waals surface area contributed by atoms with Gasteiger partial charge in [0.1, 0.15) is 0 Å². The van der Waals surface area contributed by atoms with Crippen LogP contribution in [0.3, 0.4) is 0 Å². The largest absolute Gasteiger partial charge is 0.208 e. The van der Waals surface area contributed by atoms with Gasteiger partial charge in [-0.15, -0.1) is 22.7 Å². The molecule has 0 atom stereocenters. The highest BCUT2D eigenvalue weighted by Crippen LogP contribution is 2.44. The molecule has 3 heterocycles. The average molecular weight is 724 g/mol. The number of aromatic nitrogens is 3. The first kappa shape index (κ1) is 31.0. The van der Waals surface area contributed by atoms with Gasteiger partial charge in [-0.25, -0.2) is 15.0 Å². The average Bonchev–Trinajstić information content (AvgIpc) is 3.85. The second kappa shape index (κ2) is 12.6. The van der Waals surface area contributed by atoms with Crippen molar-refractivity contribution >= 4 is 74.5 Å². The second-order valence-electron chi connectivity index (χ2n) is 13.5. The zero-order chi connectivity index (χ0) is 35.6. The van der Waals surface area contributed by atoms with Crippen LogP contribution in [0.5, 0.6) is 0 Å². The number of fused-ring (bicyclic) bond motifs is 6. The van der Waals surface area contributed by atoms with E-state index in [9.17, 15) is 0 Å². The fourth-order valence-electron chi connectivity index (χ4n) is 7.89. The Morgan fingerprint density at radius 3 is 1.54 bits per heavy atom. The molecule has 0 aliphatic rings. The third kappa shape index (κ3) is 5.05. The lowest BCUT2D eigenvalue weighted by Crippen LogP contribution is -1.99. The van der Waals surface area contributed by atoms with E-state index >= 15 is 0 Å². The zero-order valence-corrected chi connectivity index (χ0v) is 30.5. The maximum atomic E-state index is 5.21. The Morgan fingerprint density at radius 2 is 0.852 bits per heavy atom. The Kier molecular flexibility index (Phi) is 7.22. The van der Waals surface area contributed by atoms with Crippen molar-refractivity contribution in [1.82, 2.24) is 15.0 Å². The lowest BCUT2D eigenvalue weighted by Gasteiger charge is -2.17. The van der Waals surface area contributed by atoms with Crippen molar-refractivity contribution in [3.05, 3.63) is 176 Å². The molecule has 0 unspecified atom stereocenters. The van der Waals surface area contributed by atoms with E-state index in [1.54, 1.807) is 22.7 Å². The Morgan fingerprint density at radius 1 is 0.333 bits per heavy atom. The number of thiophene rings is 2. The first-order chi connectivity index (χ1) is 26.8. The van der Waals surface area contributed by atoms with Crippen LogP contribution in [-0.2, 0) is 0 Å². The molecular formula is C49H29N3S2. The molecule has 0 N–H and O–H groups in total. The molecule has 0 aliphatic carbocycles. The highest BCUT2D eigenvalue weighted by atomic mass is 32.1. The smallest absolute Gasteiger partial charge is 0.174 e. The van der Waals surface area contributed by atoms with E-state index in [-0.39, 0.29) is 0 Å². The quantitative estimate of drug-likeness (QED) is 0.166. The Hall–Kier alpha value is -6.53. The first-order valence-electron chi connectivity index (χ1n) is 18.0. The van der Waals surface area contributed by atoms with Crippen LogP contribution in [0.2, 0.25) is 0 Å². The minimum Gasteiger partial charge on any atom is -0.208 e. The van der Waals surface area contributed by atoms with Crippen LogP contribution in [0.15, 0.2) is 176 Å². The SMILES string of the molecule is c1ccc(-c2c3ccccc3c(-c3ccc(-c4nc(-c5cc6ccccc6s5)nc(-c5cccc6c5sc5ccccc56)n4)cc3)c3ccccc23)cc1. The van der Waals surface area contributed by atoms with Crippen molar-refractivity contribution in [1.29, 1.82) is 0 Å². The molecule has 5 heteroatoms. The summed E-state index contributed by atoms with van der Waals surface area (Å²) in [6.07, 6.45) is 0. The number of benzene rings is 8. The number of hydrogen-bond acceptors (Lipinski definition) is 5. The van der Waals surface area contributed by atoms with Crippen molar-refractivity contribution in [2.24, 2.45) is 0 Å². The fraction of sp³-hybridized carbons (Fsp3) is 0. The molecule has 54 heavy (non-hydrogen) atoms. The normalized spacial score (nSPS) is 11.7. The molecule has 11 aromatic rings. The van der Waals surface area contributed by atoms with Gasteiger partial charge >= 0.3 is 0 Å². The number of nitrogens with zero attached hydrogens (tertiary/aromatic N) is 3. The molecule has 0 saturated heterocycles. The van der Waals surface area contributed by atoms with E-state index < -0.39 is 0 Å². The van der Waals surface area contributed by atoms with Crippen LogP contribution in [0.1, 0.15) is 0 Å². The van der Waals surface area contributed by atoms with Gasteiger partial charge in [0.15, 0.2) is 17.5 Å². The van der Waals surface area contributed by atoms with Crippen molar-refractivity contribution < 1.29 is 0 Å². The maximum absolute atomic E-state index is 5.21. The zero-order valence-electron chi connectivity index (χ0n) is 28.9. The maximum Gasteiger partial charge on any atom is 0.174 e. The molecule has 11 rings (SSSR count). The van der Waals surface area contributed by atoms with Gasteiger partial charge in [-0.3, -0.25) is 0 Å². The minimum absolute atomic E-state index is 0.659. The third-order valence-corrected chi connectivity index (χ3v) is 12.7. The Bertz CT molecular complexity index is 3120. The minimum atomic E-state index is 0.659. The lowest BCUT2D eigenvalue weighted by molar-refractivity contribution is 1.08. The number of hydrogen-bond donors (Lipinski definition) is 0. The van der Waals surface area contributed by atoms with Crippen LogP contribution in [0.4, 0.5) is 0 Å². The summed E-state index contributed by atoms with van der Waals surface area (Å²) in [5.41, 5.74) is 6.84. The summed E-state index contributed by atoms with van der Waals surface area (Å²) in [7, 11) is 0. The molecule has 0 bridgehead atoms. The predicted molar refractivity (Wildman–Crippen MR) is 230 cm³/mol. The van der Waals surface area contributed by atoms with Crippen molar-refractivity contribution in [3.63, 3.8) is 0 Å². The summed E-state index contributed by atoms with van der Waals surface area (Å²) in [6.45, 7) is 0. The third-order valence-electron chi connectivity index (χ3n) is 10.4. The lowest BCUT2D eigenvalue weighted by atomic mass is 9.86. The van der Waals surface area contributed by atoms with Crippen LogP contribution < -0.4 is 0 Å². The van der Waals surface area contributed by atoms with Gasteiger partial charge in [0.2, 0.25) is 0 Å². The molecule has 252 valence electrons. The first-order valence-corrected chi connectivity index (χ1v) is 19.7. The molecule has 3 aromatic heterocycles. The molecule has 0 spiro atoms. The van der Waals surface area contributed by atoms with Gasteiger partial charge in [0.25, 0.3) is 0 Å². The van der Waals surface area contributed by atoms with Gasteiger partial charge in [-0.2, -0.15) is 0 Å². The van der Waals surface area contributed by atoms with Crippen LogP contribution in [0, 0.1) is 0 Å². The number of rotatable bonds is 5. The van der Waals surface area contributed by atoms with Crippen LogP contribution in [-0.4, -0.2) is 15.0 Å². The standard InChI is InChI=1S/C49H29N3S2/c1-2-13-30(14-3-1)44-35-17-5-7-19-37(35)45(38-20-8-6-18-36(38)44)31-25-27-32(28-26-31)47-50-48(52-49(51-47)43-29-33-15-4-10-23-41(33)53-43)40-22-12-21-39-34-16-9-11-24-42(34)54-46(39)40/h1-29H. The Balaban J connectivity index is 1.09. The molecule has 3 nitrogen and oxygen atoms in total. The van der Waals surface area contributed by atoms with Crippen molar-refractivity contribution in [2.45, 2.75) is 0 Å². The fourth-order valence-corrected chi connectivity index (χ4v) is 10.1. The topological polar surface area (TPSA) is 38.7 Å². The summed E-state index contributed by atoms with van der Waals surface area (Å²) in [5, 5.41) is 8.61. The van der Waals surface area contributed by atoms with Gasteiger partial charge in [-0.1, -0.05) is 152 Å². The molecule has 0 amide bonds. The van der Waals surface area contributed by atoms with E-state index in [4.69, 9.17) is 15.0 Å². The summed E-state index contributed by atoms with van der Waals surface area (Å²) in [5.74, 6) is 2.03. The molecule has 0 fully saturated rings. The second-order valence-corrected chi connectivity index (χ2v) is 15.7. The van der Waals surface area contributed by atoms with Crippen LogP contribution >= 0.6 is 22.7 Å². The van der Waals surface area contributed by atoms with E-state index in [0.29, 0.717) is 17.5 Å². The van der Waals surface area contributed by atoms with Gasteiger partial charge in [-0.05, 0) is 73.5 Å². The van der Waals surface area contributed by atoms with Crippen molar-refractivity contribution in [3.8, 4) is 55.7 Å². The van der Waals surface area contributed by atoms with Gasteiger partial charge in [0, 0.05) is 36.0 Å². The summed E-state index contributed by atoms with van der Waals surface area (Å²) in [4.78, 5) is 16.6. The summed E-state index contributed by atoms with van der Waals surface area (Å²) >= 11 is 3.51. The monoisotopic (exact) mass is 723 g/mol. The molecule has 0 radical (unpaired) electrons.